The van der Waals surface area contributed by atoms with Gasteiger partial charge in [-0.15, -0.1) is 0 Å². The van der Waals surface area contributed by atoms with E-state index in [-0.39, 0.29) is 18.9 Å². The second kappa shape index (κ2) is 9.20. The van der Waals surface area contributed by atoms with Gasteiger partial charge in [0, 0.05) is 11.6 Å². The molecule has 0 aromatic heterocycles. The Morgan fingerprint density at radius 3 is 2.62 bits per heavy atom. The first-order valence-corrected chi connectivity index (χ1v) is 6.95. The van der Waals surface area contributed by atoms with E-state index in [0.29, 0.717) is 24.0 Å². The molecule has 0 spiro atoms. The van der Waals surface area contributed by atoms with Gasteiger partial charge in [0.25, 0.3) is 5.91 Å². The summed E-state index contributed by atoms with van der Waals surface area (Å²) in [6, 6.07) is 5.10. The monoisotopic (exact) mass is 314 g/mol. The molecule has 0 aliphatic rings. The van der Waals surface area contributed by atoms with Crippen molar-refractivity contribution in [3.05, 3.63) is 28.8 Å². The van der Waals surface area contributed by atoms with Crippen LogP contribution in [-0.2, 0) is 14.3 Å². The van der Waals surface area contributed by atoms with Gasteiger partial charge in [-0.2, -0.15) is 0 Å². The summed E-state index contributed by atoms with van der Waals surface area (Å²) in [4.78, 5) is 22.8. The quantitative estimate of drug-likeness (QED) is 0.592. The Balaban J connectivity index is 2.26. The molecular weight excluding hydrogens is 296 g/mol. The molecule has 0 radical (unpaired) electrons. The number of nitrogens with one attached hydrogen (secondary N) is 2. The zero-order valence-corrected chi connectivity index (χ0v) is 12.8. The summed E-state index contributed by atoms with van der Waals surface area (Å²) < 4.78 is 10.4. The van der Waals surface area contributed by atoms with Crippen LogP contribution in [-0.4, -0.2) is 31.6 Å². The molecule has 0 unspecified atom stereocenters. The van der Waals surface area contributed by atoms with Crippen LogP contribution in [0.15, 0.2) is 18.2 Å². The Hall–Kier alpha value is -1.79. The molecule has 1 aromatic carbocycles. The van der Waals surface area contributed by atoms with E-state index in [1.165, 1.54) is 0 Å². The zero-order valence-electron chi connectivity index (χ0n) is 12.1. The smallest absolute Gasteiger partial charge is 0.276 e. The van der Waals surface area contributed by atoms with Gasteiger partial charge >= 0.3 is 0 Å². The van der Waals surface area contributed by atoms with Crippen LogP contribution in [0.2, 0.25) is 5.02 Å². The van der Waals surface area contributed by atoms with Crippen molar-refractivity contribution in [3.63, 3.8) is 0 Å². The van der Waals surface area contributed by atoms with Gasteiger partial charge in [0.2, 0.25) is 5.91 Å². The summed E-state index contributed by atoms with van der Waals surface area (Å²) in [5, 5.41) is 0.603. The number of aryl methyl sites for hydroxylation is 1. The van der Waals surface area contributed by atoms with Crippen LogP contribution >= 0.6 is 11.6 Å². The first-order chi connectivity index (χ1) is 10.0. The maximum atomic E-state index is 11.5. The van der Waals surface area contributed by atoms with E-state index in [9.17, 15) is 9.59 Å². The largest absolute Gasteiger partial charge is 0.483 e. The van der Waals surface area contributed by atoms with Gasteiger partial charge in [-0.1, -0.05) is 11.6 Å². The molecule has 7 heteroatoms. The predicted octanol–water partition coefficient (Wildman–Crippen LogP) is 1.60. The Labute approximate surface area is 128 Å². The van der Waals surface area contributed by atoms with Crippen molar-refractivity contribution in [3.8, 4) is 5.75 Å². The average Bonchev–Trinajstić information content (AvgIpc) is 2.44. The van der Waals surface area contributed by atoms with E-state index < -0.39 is 5.91 Å². The maximum Gasteiger partial charge on any atom is 0.276 e. The summed E-state index contributed by atoms with van der Waals surface area (Å²) in [6.45, 7) is 4.34. The molecule has 0 bridgehead atoms. The SMILES string of the molecule is CCOCCC(=O)NNC(=O)COc1ccc(Cl)cc1C. The van der Waals surface area contributed by atoms with Gasteiger partial charge in [-0.3, -0.25) is 20.4 Å². The number of ether oxygens (including phenoxy) is 2. The summed E-state index contributed by atoms with van der Waals surface area (Å²) >= 11 is 5.82. The highest BCUT2D eigenvalue weighted by molar-refractivity contribution is 6.30. The summed E-state index contributed by atoms with van der Waals surface area (Å²) in [7, 11) is 0. The molecule has 0 aliphatic heterocycles. The Bertz CT molecular complexity index is 494. The number of hydrogen-bond donors (Lipinski definition) is 2. The minimum Gasteiger partial charge on any atom is -0.483 e. The lowest BCUT2D eigenvalue weighted by Gasteiger charge is -2.10. The van der Waals surface area contributed by atoms with Crippen LogP contribution in [0.5, 0.6) is 5.75 Å². The Kier molecular flexibility index (Phi) is 7.56. The van der Waals surface area contributed by atoms with Crippen molar-refractivity contribution in [2.75, 3.05) is 19.8 Å². The molecule has 21 heavy (non-hydrogen) atoms. The third-order valence-electron chi connectivity index (χ3n) is 2.51. The molecule has 0 atom stereocenters. The number of amides is 2. The molecular formula is C14H19ClN2O4. The molecule has 6 nitrogen and oxygen atoms in total. The fourth-order valence-electron chi connectivity index (χ4n) is 1.47. The summed E-state index contributed by atoms with van der Waals surface area (Å²) in [5.74, 6) is -0.203. The fraction of sp³-hybridized carbons (Fsp3) is 0.429. The third-order valence-corrected chi connectivity index (χ3v) is 2.75. The van der Waals surface area contributed by atoms with Gasteiger partial charge in [0.15, 0.2) is 6.61 Å². The third kappa shape index (κ3) is 6.97. The Morgan fingerprint density at radius 2 is 1.95 bits per heavy atom. The molecule has 116 valence electrons. The number of benzene rings is 1. The molecule has 0 heterocycles. The van der Waals surface area contributed by atoms with Crippen LogP contribution in [0.4, 0.5) is 0 Å². The van der Waals surface area contributed by atoms with Crippen molar-refractivity contribution in [1.29, 1.82) is 0 Å². The fourth-order valence-corrected chi connectivity index (χ4v) is 1.69. The second-order valence-corrected chi connectivity index (χ2v) is 4.68. The zero-order chi connectivity index (χ0) is 15.7. The van der Waals surface area contributed by atoms with E-state index in [0.717, 1.165) is 5.56 Å². The van der Waals surface area contributed by atoms with Gasteiger partial charge in [0.1, 0.15) is 5.75 Å². The number of rotatable bonds is 7. The van der Waals surface area contributed by atoms with Gasteiger partial charge in [-0.05, 0) is 37.6 Å². The molecule has 0 saturated heterocycles. The number of hydrazine groups is 1. The highest BCUT2D eigenvalue weighted by Crippen LogP contribution is 2.21. The molecule has 2 amide bonds. The topological polar surface area (TPSA) is 76.7 Å². The van der Waals surface area contributed by atoms with E-state index in [4.69, 9.17) is 21.1 Å². The lowest BCUT2D eigenvalue weighted by molar-refractivity contribution is -0.130. The van der Waals surface area contributed by atoms with Crippen LogP contribution in [0.1, 0.15) is 18.9 Å². The first kappa shape index (κ1) is 17.3. The van der Waals surface area contributed by atoms with Crippen LogP contribution in [0, 0.1) is 6.92 Å². The minimum atomic E-state index is -0.450. The van der Waals surface area contributed by atoms with E-state index in [2.05, 4.69) is 10.9 Å². The van der Waals surface area contributed by atoms with Crippen molar-refractivity contribution in [2.24, 2.45) is 0 Å². The van der Waals surface area contributed by atoms with Crippen molar-refractivity contribution >= 4 is 23.4 Å². The van der Waals surface area contributed by atoms with Gasteiger partial charge in [0.05, 0.1) is 13.0 Å². The maximum absolute atomic E-state index is 11.5. The number of carbonyl (C=O) groups is 2. The Morgan fingerprint density at radius 1 is 1.24 bits per heavy atom. The highest BCUT2D eigenvalue weighted by atomic mass is 35.5. The highest BCUT2D eigenvalue weighted by Gasteiger charge is 2.07. The predicted molar refractivity (Wildman–Crippen MR) is 79.1 cm³/mol. The van der Waals surface area contributed by atoms with Crippen LogP contribution < -0.4 is 15.6 Å². The number of carbonyl (C=O) groups excluding carboxylic acids is 2. The van der Waals surface area contributed by atoms with Crippen molar-refractivity contribution < 1.29 is 19.1 Å². The molecule has 1 aromatic rings. The average molecular weight is 315 g/mol. The van der Waals surface area contributed by atoms with Crippen LogP contribution in [0.25, 0.3) is 0 Å². The molecule has 1 rings (SSSR count). The summed E-state index contributed by atoms with van der Waals surface area (Å²) in [5.41, 5.74) is 5.38. The minimum absolute atomic E-state index is 0.186. The van der Waals surface area contributed by atoms with Crippen LogP contribution in [0.3, 0.4) is 0 Å². The molecule has 0 saturated carbocycles. The standard InChI is InChI=1S/C14H19ClN2O4/c1-3-20-7-6-13(18)16-17-14(19)9-21-12-5-4-11(15)8-10(12)2/h4-5,8H,3,6-7,9H2,1-2H3,(H,16,18)(H,17,19). The lowest BCUT2D eigenvalue weighted by Crippen LogP contribution is -2.44. The lowest BCUT2D eigenvalue weighted by atomic mass is 10.2. The summed E-state index contributed by atoms with van der Waals surface area (Å²) in [6.07, 6.45) is 0.186. The van der Waals surface area contributed by atoms with Crippen molar-refractivity contribution in [1.82, 2.24) is 10.9 Å². The van der Waals surface area contributed by atoms with Gasteiger partial charge in [-0.25, -0.2) is 0 Å². The second-order valence-electron chi connectivity index (χ2n) is 4.24. The molecule has 2 N–H and O–H groups in total. The number of halogens is 1. The normalized spacial score (nSPS) is 10.0. The number of hydrogen-bond acceptors (Lipinski definition) is 4. The van der Waals surface area contributed by atoms with E-state index >= 15 is 0 Å². The van der Waals surface area contributed by atoms with Gasteiger partial charge < -0.3 is 9.47 Å². The van der Waals surface area contributed by atoms with E-state index in [1.54, 1.807) is 18.2 Å². The van der Waals surface area contributed by atoms with Crippen molar-refractivity contribution in [2.45, 2.75) is 20.3 Å². The van der Waals surface area contributed by atoms with E-state index in [1.807, 2.05) is 13.8 Å². The first-order valence-electron chi connectivity index (χ1n) is 6.57. The molecule has 0 fully saturated rings. The molecule has 0 aliphatic carbocycles.